The maximum absolute atomic E-state index is 12.8. The van der Waals surface area contributed by atoms with E-state index in [0.29, 0.717) is 17.0 Å². The molecule has 6 nitrogen and oxygen atoms in total. The summed E-state index contributed by atoms with van der Waals surface area (Å²) < 4.78 is 5.45. The Balaban J connectivity index is 2.48. The average molecular weight is 295 g/mol. The number of ketones is 1. The summed E-state index contributed by atoms with van der Waals surface area (Å²) >= 11 is 0. The van der Waals surface area contributed by atoms with Crippen molar-refractivity contribution in [3.63, 3.8) is 0 Å². The predicted molar refractivity (Wildman–Crippen MR) is 77.1 cm³/mol. The number of nitrogens with two attached hydrogens (primary N) is 1. The van der Waals surface area contributed by atoms with Crippen LogP contribution in [0.15, 0.2) is 47.0 Å². The summed E-state index contributed by atoms with van der Waals surface area (Å²) in [6.45, 7) is 3.00. The van der Waals surface area contributed by atoms with Gasteiger partial charge in [-0.15, -0.1) is 0 Å². The Morgan fingerprint density at radius 1 is 1.41 bits per heavy atom. The van der Waals surface area contributed by atoms with Crippen LogP contribution >= 0.6 is 0 Å². The van der Waals surface area contributed by atoms with E-state index in [2.05, 4.69) is 5.32 Å². The summed E-state index contributed by atoms with van der Waals surface area (Å²) in [6, 6.07) is 8.71. The number of benzene rings is 1. The van der Waals surface area contributed by atoms with Gasteiger partial charge in [-0.05, 0) is 19.9 Å². The lowest BCUT2D eigenvalue weighted by molar-refractivity contribution is -0.124. The van der Waals surface area contributed by atoms with Gasteiger partial charge in [-0.25, -0.2) is 0 Å². The van der Waals surface area contributed by atoms with Crippen LogP contribution in [-0.4, -0.2) is 11.7 Å². The lowest BCUT2D eigenvalue weighted by Crippen LogP contribution is -2.45. The van der Waals surface area contributed by atoms with Gasteiger partial charge in [0, 0.05) is 16.8 Å². The zero-order valence-electron chi connectivity index (χ0n) is 12.1. The molecule has 110 valence electrons. The third-order valence-electron chi connectivity index (χ3n) is 3.99. The summed E-state index contributed by atoms with van der Waals surface area (Å²) in [6.07, 6.45) is 0. The minimum Gasteiger partial charge on any atom is -0.440 e. The first-order valence-corrected chi connectivity index (χ1v) is 6.66. The van der Waals surface area contributed by atoms with Crippen LogP contribution in [0.5, 0.6) is 5.75 Å². The van der Waals surface area contributed by atoms with E-state index in [1.165, 1.54) is 6.92 Å². The number of nitrogens with zero attached hydrogens (tertiary/aromatic N) is 1. The largest absolute Gasteiger partial charge is 0.440 e. The van der Waals surface area contributed by atoms with Crippen molar-refractivity contribution in [2.75, 3.05) is 0 Å². The molecule has 0 unspecified atom stereocenters. The molecule has 1 amide bonds. The summed E-state index contributed by atoms with van der Waals surface area (Å²) in [5.41, 5.74) is 5.35. The molecule has 2 aliphatic heterocycles. The molecule has 1 aromatic carbocycles. The van der Waals surface area contributed by atoms with Crippen molar-refractivity contribution in [1.29, 1.82) is 5.26 Å². The topological polar surface area (TPSA) is 105 Å². The molecular formula is C16H13N3O3. The fourth-order valence-electron chi connectivity index (χ4n) is 3.24. The molecule has 0 saturated carbocycles. The van der Waals surface area contributed by atoms with Crippen molar-refractivity contribution in [2.45, 2.75) is 19.3 Å². The second kappa shape index (κ2) is 4.46. The number of ether oxygens (including phenoxy) is 1. The highest BCUT2D eigenvalue weighted by Crippen LogP contribution is 2.50. The minimum atomic E-state index is -1.54. The number of hydrogen-bond acceptors (Lipinski definition) is 5. The van der Waals surface area contributed by atoms with E-state index in [-0.39, 0.29) is 22.8 Å². The molecule has 1 aromatic rings. The molecule has 0 bridgehead atoms. The summed E-state index contributed by atoms with van der Waals surface area (Å²) in [5, 5.41) is 12.2. The van der Waals surface area contributed by atoms with Crippen molar-refractivity contribution in [1.82, 2.24) is 5.32 Å². The van der Waals surface area contributed by atoms with Crippen LogP contribution in [0.4, 0.5) is 0 Å². The predicted octanol–water partition coefficient (Wildman–Crippen LogP) is 1.00. The maximum atomic E-state index is 12.8. The van der Waals surface area contributed by atoms with E-state index >= 15 is 0 Å². The molecule has 2 heterocycles. The quantitative estimate of drug-likeness (QED) is 0.804. The number of nitriles is 1. The van der Waals surface area contributed by atoms with Gasteiger partial charge in [0.15, 0.2) is 5.78 Å². The zero-order valence-corrected chi connectivity index (χ0v) is 12.1. The molecule has 0 fully saturated rings. The summed E-state index contributed by atoms with van der Waals surface area (Å²) in [4.78, 5) is 24.9. The van der Waals surface area contributed by atoms with Gasteiger partial charge >= 0.3 is 0 Å². The molecule has 22 heavy (non-hydrogen) atoms. The lowest BCUT2D eigenvalue weighted by atomic mass is 9.67. The van der Waals surface area contributed by atoms with Crippen LogP contribution in [0, 0.1) is 11.3 Å². The SMILES string of the molecule is CC(=O)C1=C(C)NC(=O)[C@@]12C(C#N)=C(N)Oc1ccccc12. The van der Waals surface area contributed by atoms with Crippen LogP contribution < -0.4 is 15.8 Å². The highest BCUT2D eigenvalue weighted by Gasteiger charge is 2.58. The first-order chi connectivity index (χ1) is 10.4. The molecule has 0 aliphatic carbocycles. The Bertz CT molecular complexity index is 829. The summed E-state index contributed by atoms with van der Waals surface area (Å²) in [5.74, 6) is -0.564. The molecule has 3 rings (SSSR count). The van der Waals surface area contributed by atoms with E-state index in [9.17, 15) is 14.9 Å². The first-order valence-electron chi connectivity index (χ1n) is 6.66. The molecule has 1 spiro atoms. The van der Waals surface area contributed by atoms with Crippen LogP contribution in [0.1, 0.15) is 19.4 Å². The highest BCUT2D eigenvalue weighted by atomic mass is 16.5. The molecule has 6 heteroatoms. The number of nitrogens with one attached hydrogen (secondary N) is 1. The van der Waals surface area contributed by atoms with Crippen LogP contribution in [-0.2, 0) is 15.0 Å². The monoisotopic (exact) mass is 295 g/mol. The zero-order chi connectivity index (χ0) is 16.1. The summed E-state index contributed by atoms with van der Waals surface area (Å²) in [7, 11) is 0. The van der Waals surface area contributed by atoms with Gasteiger partial charge in [-0.3, -0.25) is 9.59 Å². The fraction of sp³-hybridized carbons (Fsp3) is 0.188. The highest BCUT2D eigenvalue weighted by molar-refractivity contribution is 6.13. The minimum absolute atomic E-state index is 0.0641. The Morgan fingerprint density at radius 2 is 2.09 bits per heavy atom. The smallest absolute Gasteiger partial charge is 0.245 e. The standard InChI is InChI=1S/C16H13N3O3/c1-8-13(9(2)20)16(15(21)19-8)10-5-3-4-6-12(10)22-14(18)11(16)7-17/h3-6H,18H2,1-2H3,(H,19,21)/t16-/m0/s1. The molecule has 0 saturated heterocycles. The van der Waals surface area contributed by atoms with Crippen LogP contribution in [0.3, 0.4) is 0 Å². The van der Waals surface area contributed by atoms with Gasteiger partial charge < -0.3 is 15.8 Å². The average Bonchev–Trinajstić information content (AvgIpc) is 2.71. The van der Waals surface area contributed by atoms with E-state index in [1.807, 2.05) is 6.07 Å². The maximum Gasteiger partial charge on any atom is 0.245 e. The second-order valence-corrected chi connectivity index (χ2v) is 5.21. The van der Waals surface area contributed by atoms with E-state index in [0.717, 1.165) is 0 Å². The number of allylic oxidation sites excluding steroid dienone is 1. The third kappa shape index (κ3) is 1.48. The van der Waals surface area contributed by atoms with Gasteiger partial charge in [0.1, 0.15) is 22.8 Å². The lowest BCUT2D eigenvalue weighted by Gasteiger charge is -2.34. The van der Waals surface area contributed by atoms with Crippen LogP contribution in [0.2, 0.25) is 0 Å². The normalized spacial score (nSPS) is 23.0. The van der Waals surface area contributed by atoms with Crippen LogP contribution in [0.25, 0.3) is 0 Å². The molecule has 3 N–H and O–H groups in total. The van der Waals surface area contributed by atoms with Gasteiger partial charge in [0.05, 0.1) is 0 Å². The van der Waals surface area contributed by atoms with Crippen molar-refractivity contribution < 1.29 is 14.3 Å². The number of amides is 1. The molecule has 0 radical (unpaired) electrons. The molecule has 1 atom stereocenters. The first kappa shape index (κ1) is 13.9. The molecular weight excluding hydrogens is 282 g/mol. The molecule has 0 aromatic heterocycles. The van der Waals surface area contributed by atoms with Crippen molar-refractivity contribution >= 4 is 11.7 Å². The number of rotatable bonds is 1. The van der Waals surface area contributed by atoms with Gasteiger partial charge in [0.25, 0.3) is 0 Å². The van der Waals surface area contributed by atoms with Crippen molar-refractivity contribution in [3.8, 4) is 11.8 Å². The Labute approximate surface area is 126 Å². The van der Waals surface area contributed by atoms with Crippen molar-refractivity contribution in [3.05, 3.63) is 52.6 Å². The van der Waals surface area contributed by atoms with E-state index in [4.69, 9.17) is 10.5 Å². The fourth-order valence-corrected chi connectivity index (χ4v) is 3.24. The Morgan fingerprint density at radius 3 is 2.73 bits per heavy atom. The number of carbonyl (C=O) groups excluding carboxylic acids is 2. The van der Waals surface area contributed by atoms with Gasteiger partial charge in [-0.1, -0.05) is 18.2 Å². The van der Waals surface area contributed by atoms with Gasteiger partial charge in [0.2, 0.25) is 11.8 Å². The number of hydrogen-bond donors (Lipinski definition) is 2. The van der Waals surface area contributed by atoms with E-state index in [1.54, 1.807) is 31.2 Å². The number of fused-ring (bicyclic) bond motifs is 2. The van der Waals surface area contributed by atoms with Crippen molar-refractivity contribution in [2.24, 2.45) is 5.73 Å². The Hall–Kier alpha value is -3.07. The second-order valence-electron chi connectivity index (χ2n) is 5.21. The number of Topliss-reactive ketones (excluding diaryl/α,β-unsaturated/α-hetero) is 1. The third-order valence-corrected chi connectivity index (χ3v) is 3.99. The Kier molecular flexibility index (Phi) is 2.82. The van der Waals surface area contributed by atoms with E-state index < -0.39 is 11.3 Å². The number of carbonyl (C=O) groups is 2. The van der Waals surface area contributed by atoms with Gasteiger partial charge in [-0.2, -0.15) is 5.26 Å². The molecule has 2 aliphatic rings. The number of para-hydroxylation sites is 1.